The van der Waals surface area contributed by atoms with Gasteiger partial charge in [-0.2, -0.15) is 0 Å². The first-order valence-corrected chi connectivity index (χ1v) is 8.78. The number of fused-ring (bicyclic) bond motifs is 4. The number of rotatable bonds is 2. The molecule has 0 saturated heterocycles. The van der Waals surface area contributed by atoms with Crippen LogP contribution in [0.25, 0.3) is 0 Å². The summed E-state index contributed by atoms with van der Waals surface area (Å²) in [5.74, 6) is 0.161. The zero-order valence-electron chi connectivity index (χ0n) is 15.5. The highest BCUT2D eigenvalue weighted by atomic mass is 16.5. The molecule has 2 aliphatic rings. The summed E-state index contributed by atoms with van der Waals surface area (Å²) < 4.78 is 12.0. The van der Waals surface area contributed by atoms with Gasteiger partial charge in [-0.1, -0.05) is 12.1 Å². The molecule has 5 nitrogen and oxygen atoms in total. The number of aromatic hydroxyl groups is 2. The fourth-order valence-electron chi connectivity index (χ4n) is 4.68. The second-order valence-electron chi connectivity index (χ2n) is 7.89. The zero-order valence-corrected chi connectivity index (χ0v) is 15.5. The van der Waals surface area contributed by atoms with Crippen LogP contribution in [0.15, 0.2) is 24.3 Å². The van der Waals surface area contributed by atoms with Gasteiger partial charge in [0.05, 0.1) is 19.3 Å². The van der Waals surface area contributed by atoms with Crippen LogP contribution in [-0.4, -0.2) is 28.0 Å². The molecule has 0 saturated carbocycles. The second-order valence-corrected chi connectivity index (χ2v) is 7.89. The molecule has 4 rings (SSSR count). The first-order chi connectivity index (χ1) is 12.2. The normalized spacial score (nSPS) is 24.0. The molecule has 26 heavy (non-hydrogen) atoms. The van der Waals surface area contributed by atoms with Crippen molar-refractivity contribution < 1.29 is 24.8 Å². The monoisotopic (exact) mass is 356 g/mol. The molecule has 1 aliphatic heterocycles. The summed E-state index contributed by atoms with van der Waals surface area (Å²) in [6.45, 7) is 5.89. The molecule has 2 aromatic carbocycles. The largest absolute Gasteiger partial charge is 0.504 e. The van der Waals surface area contributed by atoms with E-state index in [2.05, 4.69) is 6.07 Å². The predicted octanol–water partition coefficient (Wildman–Crippen LogP) is 3.13. The van der Waals surface area contributed by atoms with E-state index in [0.29, 0.717) is 18.6 Å². The van der Waals surface area contributed by atoms with Gasteiger partial charge in [0, 0.05) is 17.0 Å². The van der Waals surface area contributed by atoms with E-state index < -0.39 is 11.2 Å². The topological polar surface area (TPSA) is 79.2 Å². The van der Waals surface area contributed by atoms with Crippen LogP contribution < -0.4 is 4.74 Å². The lowest BCUT2D eigenvalue weighted by atomic mass is 9.73. The van der Waals surface area contributed by atoms with Crippen LogP contribution in [-0.2, 0) is 23.4 Å². The Hall–Kier alpha value is -2.24. The lowest BCUT2D eigenvalue weighted by Gasteiger charge is -2.39. The number of phenolic OH excluding ortho intramolecular Hbond substituents is 2. The maximum atomic E-state index is 10.9. The average Bonchev–Trinajstić information content (AvgIpc) is 3.11. The molecule has 2 aromatic rings. The van der Waals surface area contributed by atoms with E-state index in [1.807, 2.05) is 13.0 Å². The molecule has 5 heteroatoms. The highest BCUT2D eigenvalue weighted by Gasteiger charge is 2.58. The maximum absolute atomic E-state index is 10.9. The number of aryl methyl sites for hydroxylation is 1. The van der Waals surface area contributed by atoms with Gasteiger partial charge in [0.1, 0.15) is 11.4 Å². The minimum absolute atomic E-state index is 0.134. The van der Waals surface area contributed by atoms with Gasteiger partial charge in [-0.3, -0.25) is 0 Å². The van der Waals surface area contributed by atoms with Crippen LogP contribution >= 0.6 is 0 Å². The molecule has 1 aliphatic carbocycles. The average molecular weight is 356 g/mol. The van der Waals surface area contributed by atoms with Crippen LogP contribution in [0.5, 0.6) is 17.2 Å². The second kappa shape index (κ2) is 5.38. The molecule has 1 spiro atoms. The zero-order chi connectivity index (χ0) is 18.9. The van der Waals surface area contributed by atoms with E-state index in [1.165, 1.54) is 6.07 Å². The standard InChI is InChI=1S/C21H24O5/c1-11-7-15-13(17(8-11)25-4)10-26-21(15)14-5-6-16(22)19(23)12(14)9-18(21)20(2,3)24/h5-8,18,22-24H,9-10H2,1-4H3. The fourth-order valence-corrected chi connectivity index (χ4v) is 4.68. The Bertz CT molecular complexity index is 896. The van der Waals surface area contributed by atoms with Gasteiger partial charge in [-0.15, -0.1) is 0 Å². The maximum Gasteiger partial charge on any atom is 0.161 e. The van der Waals surface area contributed by atoms with Crippen molar-refractivity contribution in [1.82, 2.24) is 0 Å². The van der Waals surface area contributed by atoms with Crippen LogP contribution in [0.1, 0.15) is 41.7 Å². The Balaban J connectivity index is 2.05. The number of hydrogen-bond donors (Lipinski definition) is 3. The molecule has 0 amide bonds. The Morgan fingerprint density at radius 2 is 1.88 bits per heavy atom. The number of hydrogen-bond acceptors (Lipinski definition) is 5. The quantitative estimate of drug-likeness (QED) is 0.721. The number of phenols is 2. The Kier molecular flexibility index (Phi) is 3.56. The smallest absolute Gasteiger partial charge is 0.161 e. The molecule has 3 N–H and O–H groups in total. The van der Waals surface area contributed by atoms with Crippen molar-refractivity contribution in [3.8, 4) is 17.2 Å². The van der Waals surface area contributed by atoms with Gasteiger partial charge >= 0.3 is 0 Å². The van der Waals surface area contributed by atoms with E-state index in [4.69, 9.17) is 9.47 Å². The van der Waals surface area contributed by atoms with Gasteiger partial charge in [0.2, 0.25) is 0 Å². The molecule has 138 valence electrons. The SMILES string of the molecule is COc1cc(C)cc2c1COC21c2ccc(O)c(O)c2CC1C(C)(C)O. The molecule has 2 atom stereocenters. The van der Waals surface area contributed by atoms with Crippen molar-refractivity contribution in [1.29, 1.82) is 0 Å². The third kappa shape index (κ3) is 2.10. The molecule has 1 heterocycles. The van der Waals surface area contributed by atoms with Crippen molar-refractivity contribution in [3.05, 3.63) is 52.1 Å². The molecule has 0 aromatic heterocycles. The predicted molar refractivity (Wildman–Crippen MR) is 96.6 cm³/mol. The molecule has 2 unspecified atom stereocenters. The minimum atomic E-state index is -1.06. The number of methoxy groups -OCH3 is 1. The van der Waals surface area contributed by atoms with Crippen LogP contribution in [0, 0.1) is 12.8 Å². The van der Waals surface area contributed by atoms with Crippen molar-refractivity contribution >= 4 is 0 Å². The first-order valence-electron chi connectivity index (χ1n) is 8.78. The molecular weight excluding hydrogens is 332 g/mol. The number of ether oxygens (including phenoxy) is 2. The van der Waals surface area contributed by atoms with Crippen molar-refractivity contribution in [3.63, 3.8) is 0 Å². The van der Waals surface area contributed by atoms with Gasteiger partial charge < -0.3 is 24.8 Å². The molecular formula is C21H24O5. The van der Waals surface area contributed by atoms with E-state index in [9.17, 15) is 15.3 Å². The van der Waals surface area contributed by atoms with Gasteiger partial charge in [0.15, 0.2) is 11.5 Å². The first kappa shape index (κ1) is 17.2. The van der Waals surface area contributed by atoms with Gasteiger partial charge in [-0.25, -0.2) is 0 Å². The third-order valence-electron chi connectivity index (χ3n) is 5.83. The Labute approximate surface area is 152 Å². The molecule has 0 radical (unpaired) electrons. The summed E-state index contributed by atoms with van der Waals surface area (Å²) in [4.78, 5) is 0. The fraction of sp³-hybridized carbons (Fsp3) is 0.429. The Morgan fingerprint density at radius 3 is 2.54 bits per heavy atom. The van der Waals surface area contributed by atoms with E-state index in [1.54, 1.807) is 27.0 Å². The molecule has 0 bridgehead atoms. The van der Waals surface area contributed by atoms with Gasteiger partial charge in [-0.05, 0) is 56.0 Å². The minimum Gasteiger partial charge on any atom is -0.504 e. The summed E-state index contributed by atoms with van der Waals surface area (Å²) in [6.07, 6.45) is 0.411. The van der Waals surface area contributed by atoms with E-state index in [-0.39, 0.29) is 17.4 Å². The lowest BCUT2D eigenvalue weighted by Crippen LogP contribution is -2.45. The van der Waals surface area contributed by atoms with Crippen LogP contribution in [0.2, 0.25) is 0 Å². The van der Waals surface area contributed by atoms with Gasteiger partial charge in [0.25, 0.3) is 0 Å². The lowest BCUT2D eigenvalue weighted by molar-refractivity contribution is -0.112. The third-order valence-corrected chi connectivity index (χ3v) is 5.83. The highest BCUT2D eigenvalue weighted by Crippen LogP contribution is 2.60. The number of aliphatic hydroxyl groups is 1. The Morgan fingerprint density at radius 1 is 1.15 bits per heavy atom. The van der Waals surface area contributed by atoms with Crippen molar-refractivity contribution in [2.24, 2.45) is 5.92 Å². The van der Waals surface area contributed by atoms with Crippen LogP contribution in [0.4, 0.5) is 0 Å². The van der Waals surface area contributed by atoms with E-state index >= 15 is 0 Å². The van der Waals surface area contributed by atoms with E-state index in [0.717, 1.165) is 28.0 Å². The number of benzene rings is 2. The highest BCUT2D eigenvalue weighted by molar-refractivity contribution is 5.61. The van der Waals surface area contributed by atoms with Crippen molar-refractivity contribution in [2.75, 3.05) is 7.11 Å². The molecule has 0 fully saturated rings. The van der Waals surface area contributed by atoms with Crippen LogP contribution in [0.3, 0.4) is 0 Å². The van der Waals surface area contributed by atoms with Crippen molar-refractivity contribution in [2.45, 2.75) is 45.0 Å². The summed E-state index contributed by atoms with van der Waals surface area (Å²) >= 11 is 0. The summed E-state index contributed by atoms with van der Waals surface area (Å²) in [7, 11) is 1.64. The summed E-state index contributed by atoms with van der Waals surface area (Å²) in [6, 6.07) is 7.32. The summed E-state index contributed by atoms with van der Waals surface area (Å²) in [5, 5.41) is 31.3. The summed E-state index contributed by atoms with van der Waals surface area (Å²) in [5.41, 5.74) is 2.46.